The maximum absolute atomic E-state index is 14.3. The number of hydrogen-bond acceptors (Lipinski definition) is 3. The van der Waals surface area contributed by atoms with E-state index in [4.69, 9.17) is 0 Å². The average molecular weight is 364 g/mol. The predicted molar refractivity (Wildman–Crippen MR) is 87.0 cm³/mol. The van der Waals surface area contributed by atoms with E-state index in [1.54, 1.807) is 23.6 Å². The lowest BCUT2D eigenvalue weighted by atomic mass is 10.1. The fourth-order valence-electron chi connectivity index (χ4n) is 2.62. The Labute approximate surface area is 143 Å². The maximum Gasteiger partial charge on any atom is 0.398 e. The molecule has 2 rings (SSSR count). The lowest BCUT2D eigenvalue weighted by Crippen LogP contribution is -2.48. The molecule has 0 aliphatic carbocycles. The zero-order valence-electron chi connectivity index (χ0n) is 13.6. The minimum Gasteiger partial charge on any atom is -0.366 e. The van der Waals surface area contributed by atoms with Crippen LogP contribution >= 0.6 is 11.8 Å². The lowest BCUT2D eigenvalue weighted by Gasteiger charge is -2.36. The van der Waals surface area contributed by atoms with Gasteiger partial charge >= 0.3 is 6.18 Å². The minimum atomic E-state index is -4.27. The third kappa shape index (κ3) is 4.78. The molecule has 0 aromatic heterocycles. The van der Waals surface area contributed by atoms with Crippen molar-refractivity contribution in [2.45, 2.75) is 31.3 Å². The molecule has 134 valence electrons. The van der Waals surface area contributed by atoms with Crippen LogP contribution in [-0.4, -0.2) is 48.9 Å². The smallest absolute Gasteiger partial charge is 0.366 e. The number of carbonyl (C=O) groups excluding carboxylic acids is 1. The van der Waals surface area contributed by atoms with Gasteiger partial charge in [-0.1, -0.05) is 6.92 Å². The van der Waals surface area contributed by atoms with Crippen molar-refractivity contribution in [2.75, 3.05) is 36.8 Å². The summed E-state index contributed by atoms with van der Waals surface area (Å²) in [6.07, 6.45) is -3.84. The van der Waals surface area contributed by atoms with Gasteiger partial charge < -0.3 is 9.80 Å². The minimum absolute atomic E-state index is 0.0560. The van der Waals surface area contributed by atoms with Crippen molar-refractivity contribution < 1.29 is 22.4 Å². The van der Waals surface area contributed by atoms with Gasteiger partial charge in [0.1, 0.15) is 5.82 Å². The molecule has 0 unspecified atom stereocenters. The molecule has 1 aromatic carbocycles. The molecule has 3 nitrogen and oxygen atoms in total. The number of thioether (sulfide) groups is 1. The highest BCUT2D eigenvalue weighted by Crippen LogP contribution is 2.34. The number of nitrogens with zero attached hydrogens (tertiary/aromatic N) is 2. The SMILES string of the molecule is CCC(=O)N1CCN(c2cc(SCC(F)(F)F)c(C)cc2F)CC1. The molecule has 0 bridgehead atoms. The number of hydrogen-bond donors (Lipinski definition) is 0. The molecular weight excluding hydrogens is 344 g/mol. The van der Waals surface area contributed by atoms with Gasteiger partial charge in [0.05, 0.1) is 11.4 Å². The van der Waals surface area contributed by atoms with Gasteiger partial charge in [0.2, 0.25) is 5.91 Å². The number of aryl methyl sites for hydroxylation is 1. The molecule has 0 N–H and O–H groups in total. The Kier molecular flexibility index (Phi) is 6.01. The van der Waals surface area contributed by atoms with E-state index in [9.17, 15) is 22.4 Å². The summed E-state index contributed by atoms with van der Waals surface area (Å²) in [7, 11) is 0. The van der Waals surface area contributed by atoms with E-state index in [1.807, 2.05) is 0 Å². The van der Waals surface area contributed by atoms with Crippen LogP contribution in [-0.2, 0) is 4.79 Å². The standard InChI is InChI=1S/C16H20F4N2OS/c1-3-15(23)22-6-4-21(5-7-22)13-9-14(11(2)8-12(13)17)24-10-16(18,19)20/h8-9H,3-7,10H2,1-2H3. The van der Waals surface area contributed by atoms with Crippen molar-refractivity contribution in [3.05, 3.63) is 23.5 Å². The second-order valence-corrected chi connectivity index (χ2v) is 6.71. The van der Waals surface area contributed by atoms with Gasteiger partial charge in [0, 0.05) is 37.5 Å². The van der Waals surface area contributed by atoms with Gasteiger partial charge in [0.15, 0.2) is 0 Å². The topological polar surface area (TPSA) is 23.6 Å². The fraction of sp³-hybridized carbons (Fsp3) is 0.562. The fourth-order valence-corrected chi connectivity index (χ4v) is 3.42. The van der Waals surface area contributed by atoms with E-state index < -0.39 is 17.7 Å². The van der Waals surface area contributed by atoms with E-state index in [1.165, 1.54) is 12.1 Å². The van der Waals surface area contributed by atoms with Crippen molar-refractivity contribution in [1.82, 2.24) is 4.90 Å². The third-order valence-corrected chi connectivity index (χ3v) is 5.13. The molecule has 0 radical (unpaired) electrons. The van der Waals surface area contributed by atoms with Crippen LogP contribution in [0.25, 0.3) is 0 Å². The number of piperazine rings is 1. The Hall–Kier alpha value is -1.44. The monoisotopic (exact) mass is 364 g/mol. The largest absolute Gasteiger partial charge is 0.398 e. The van der Waals surface area contributed by atoms with Crippen LogP contribution in [0.4, 0.5) is 23.2 Å². The number of amides is 1. The van der Waals surface area contributed by atoms with Crippen LogP contribution in [0.1, 0.15) is 18.9 Å². The number of carbonyl (C=O) groups is 1. The van der Waals surface area contributed by atoms with Gasteiger partial charge in [-0.05, 0) is 24.6 Å². The number of rotatable bonds is 4. The number of benzene rings is 1. The van der Waals surface area contributed by atoms with Gasteiger partial charge in [-0.3, -0.25) is 4.79 Å². The maximum atomic E-state index is 14.3. The van der Waals surface area contributed by atoms with Crippen LogP contribution in [0.3, 0.4) is 0 Å². The van der Waals surface area contributed by atoms with Crippen molar-refractivity contribution in [3.63, 3.8) is 0 Å². The summed E-state index contributed by atoms with van der Waals surface area (Å²) >= 11 is 0.667. The highest BCUT2D eigenvalue weighted by atomic mass is 32.2. The van der Waals surface area contributed by atoms with Crippen molar-refractivity contribution >= 4 is 23.4 Å². The number of alkyl halides is 3. The third-order valence-electron chi connectivity index (χ3n) is 3.91. The zero-order valence-corrected chi connectivity index (χ0v) is 14.4. The summed E-state index contributed by atoms with van der Waals surface area (Å²) in [6, 6.07) is 2.76. The van der Waals surface area contributed by atoms with Crippen LogP contribution < -0.4 is 4.90 Å². The molecule has 1 saturated heterocycles. The van der Waals surface area contributed by atoms with Gasteiger partial charge in [0.25, 0.3) is 0 Å². The van der Waals surface area contributed by atoms with E-state index in [-0.39, 0.29) is 5.91 Å². The van der Waals surface area contributed by atoms with Crippen molar-refractivity contribution in [1.29, 1.82) is 0 Å². The lowest BCUT2D eigenvalue weighted by molar-refractivity contribution is -0.131. The molecule has 1 amide bonds. The molecule has 8 heteroatoms. The first-order chi connectivity index (χ1) is 11.2. The van der Waals surface area contributed by atoms with Crippen LogP contribution in [0.15, 0.2) is 17.0 Å². The van der Waals surface area contributed by atoms with E-state index >= 15 is 0 Å². The van der Waals surface area contributed by atoms with Gasteiger partial charge in [-0.15, -0.1) is 11.8 Å². The van der Waals surface area contributed by atoms with E-state index in [2.05, 4.69) is 0 Å². The Morgan fingerprint density at radius 3 is 2.38 bits per heavy atom. The van der Waals surface area contributed by atoms with Gasteiger partial charge in [-0.25, -0.2) is 4.39 Å². The molecular formula is C16H20F4N2OS. The van der Waals surface area contributed by atoms with E-state index in [0.29, 0.717) is 60.5 Å². The van der Waals surface area contributed by atoms with Gasteiger partial charge in [-0.2, -0.15) is 13.2 Å². The summed E-state index contributed by atoms with van der Waals surface area (Å²) < 4.78 is 51.5. The van der Waals surface area contributed by atoms with E-state index in [0.717, 1.165) is 0 Å². The molecule has 1 heterocycles. The molecule has 1 aliphatic heterocycles. The normalized spacial score (nSPS) is 15.8. The molecule has 1 aromatic rings. The number of halogens is 4. The quantitative estimate of drug-likeness (QED) is 0.599. The first-order valence-corrected chi connectivity index (χ1v) is 8.72. The number of anilines is 1. The highest BCUT2D eigenvalue weighted by molar-refractivity contribution is 7.99. The van der Waals surface area contributed by atoms with Crippen LogP contribution in [0.2, 0.25) is 0 Å². The Morgan fingerprint density at radius 1 is 1.21 bits per heavy atom. The summed E-state index contributed by atoms with van der Waals surface area (Å²) in [5.41, 5.74) is 0.791. The second-order valence-electron chi connectivity index (χ2n) is 5.69. The Balaban J connectivity index is 2.11. The predicted octanol–water partition coefficient (Wildman–Crippen LogP) is 3.85. The molecule has 0 saturated carbocycles. The molecule has 1 aliphatic rings. The highest BCUT2D eigenvalue weighted by Gasteiger charge is 2.28. The summed E-state index contributed by atoms with van der Waals surface area (Å²) in [5, 5.41) is 0. The summed E-state index contributed by atoms with van der Waals surface area (Å²) in [5.74, 6) is -1.39. The van der Waals surface area contributed by atoms with Crippen LogP contribution in [0.5, 0.6) is 0 Å². The Morgan fingerprint density at radius 2 is 1.83 bits per heavy atom. The summed E-state index contributed by atoms with van der Waals surface area (Å²) in [6.45, 7) is 5.31. The molecule has 1 fully saturated rings. The second kappa shape index (κ2) is 7.63. The summed E-state index contributed by atoms with van der Waals surface area (Å²) in [4.78, 5) is 15.6. The van der Waals surface area contributed by atoms with Crippen LogP contribution in [0, 0.1) is 12.7 Å². The first-order valence-electron chi connectivity index (χ1n) is 7.73. The molecule has 24 heavy (non-hydrogen) atoms. The molecule has 0 atom stereocenters. The first kappa shape index (κ1) is 18.9. The zero-order chi connectivity index (χ0) is 17.9. The average Bonchev–Trinajstić information content (AvgIpc) is 2.52. The Bertz CT molecular complexity index is 598. The van der Waals surface area contributed by atoms with Crippen molar-refractivity contribution in [3.8, 4) is 0 Å². The van der Waals surface area contributed by atoms with Crippen molar-refractivity contribution in [2.24, 2.45) is 0 Å². The molecule has 0 spiro atoms.